The minimum atomic E-state index is -0.700. The summed E-state index contributed by atoms with van der Waals surface area (Å²) in [4.78, 5) is 13.9. The van der Waals surface area contributed by atoms with Gasteiger partial charge in [-0.25, -0.2) is 0 Å². The number of amides is 1. The number of benzene rings is 1. The summed E-state index contributed by atoms with van der Waals surface area (Å²) in [6.07, 6.45) is 1.31. The fraction of sp³-hybridized carbons (Fsp3) is 0.412. The van der Waals surface area contributed by atoms with Gasteiger partial charge in [0.1, 0.15) is 11.4 Å². The third kappa shape index (κ3) is 2.16. The maximum Gasteiger partial charge on any atom is 0.227 e. The number of carbonyl (C=O) groups is 1. The monoisotopic (exact) mass is 298 g/mol. The molecule has 1 amide bonds. The lowest BCUT2D eigenvalue weighted by Crippen LogP contribution is -2.40. The minimum Gasteiger partial charge on any atom is -0.483 e. The largest absolute Gasteiger partial charge is 0.483 e. The second-order valence-corrected chi connectivity index (χ2v) is 6.07. The molecule has 0 unspecified atom stereocenters. The van der Waals surface area contributed by atoms with Crippen LogP contribution in [0.25, 0.3) is 5.70 Å². The molecule has 5 nitrogen and oxygen atoms in total. The van der Waals surface area contributed by atoms with Crippen molar-refractivity contribution in [2.45, 2.75) is 32.3 Å². The van der Waals surface area contributed by atoms with E-state index in [1.807, 2.05) is 13.8 Å². The van der Waals surface area contributed by atoms with Crippen molar-refractivity contribution in [3.8, 4) is 11.8 Å². The molecule has 0 radical (unpaired) electrons. The molecular formula is C17H18N2O3. The second kappa shape index (κ2) is 5.15. The van der Waals surface area contributed by atoms with Crippen LogP contribution in [0.1, 0.15) is 37.8 Å². The number of carbonyl (C=O) groups excluding carboxylic acids is 1. The van der Waals surface area contributed by atoms with Crippen LogP contribution in [-0.2, 0) is 4.79 Å². The van der Waals surface area contributed by atoms with Gasteiger partial charge in [-0.1, -0.05) is 0 Å². The molecule has 1 saturated heterocycles. The Bertz CT molecular complexity index is 713. The summed E-state index contributed by atoms with van der Waals surface area (Å²) in [6.45, 7) is 4.19. The SMILES string of the molecule is CC1(C)Oc2ccc(C#N)cc2C(N2CCCC2=O)=C1CO. The van der Waals surface area contributed by atoms with E-state index < -0.39 is 5.60 Å². The Kier molecular flexibility index (Phi) is 3.42. The fourth-order valence-electron chi connectivity index (χ4n) is 3.12. The predicted molar refractivity (Wildman–Crippen MR) is 80.8 cm³/mol. The third-order valence-electron chi connectivity index (χ3n) is 4.24. The molecule has 5 heteroatoms. The number of hydrogen-bond acceptors (Lipinski definition) is 4. The summed E-state index contributed by atoms with van der Waals surface area (Å²) in [5.41, 5.74) is 1.88. The van der Waals surface area contributed by atoms with Crippen LogP contribution in [0.5, 0.6) is 5.75 Å². The number of nitriles is 1. The molecule has 1 N–H and O–H groups in total. The summed E-state index contributed by atoms with van der Waals surface area (Å²) < 4.78 is 5.98. The molecule has 0 aromatic heterocycles. The van der Waals surface area contributed by atoms with E-state index in [-0.39, 0.29) is 12.5 Å². The Balaban J connectivity index is 2.26. The molecule has 3 rings (SSSR count). The van der Waals surface area contributed by atoms with Crippen molar-refractivity contribution in [3.63, 3.8) is 0 Å². The normalized spacial score (nSPS) is 19.7. The molecule has 0 spiro atoms. The number of ether oxygens (including phenoxy) is 1. The van der Waals surface area contributed by atoms with Crippen LogP contribution < -0.4 is 4.74 Å². The first-order valence-corrected chi connectivity index (χ1v) is 7.36. The first kappa shape index (κ1) is 14.6. The van der Waals surface area contributed by atoms with Crippen LogP contribution in [-0.4, -0.2) is 34.7 Å². The summed E-state index contributed by atoms with van der Waals surface area (Å²) in [6, 6.07) is 7.28. The maximum atomic E-state index is 12.2. The smallest absolute Gasteiger partial charge is 0.227 e. The Morgan fingerprint density at radius 2 is 2.23 bits per heavy atom. The molecule has 2 aliphatic heterocycles. The van der Waals surface area contributed by atoms with Crippen LogP contribution in [0.2, 0.25) is 0 Å². The highest BCUT2D eigenvalue weighted by Gasteiger charge is 2.39. The Morgan fingerprint density at radius 3 is 2.82 bits per heavy atom. The average Bonchev–Trinajstić information content (AvgIpc) is 2.90. The lowest BCUT2D eigenvalue weighted by molar-refractivity contribution is -0.125. The molecule has 1 aromatic rings. The van der Waals surface area contributed by atoms with Crippen molar-refractivity contribution in [2.75, 3.05) is 13.2 Å². The van der Waals surface area contributed by atoms with Gasteiger partial charge in [0.15, 0.2) is 0 Å². The molecule has 22 heavy (non-hydrogen) atoms. The Morgan fingerprint density at radius 1 is 1.45 bits per heavy atom. The van der Waals surface area contributed by atoms with Crippen molar-refractivity contribution >= 4 is 11.6 Å². The van der Waals surface area contributed by atoms with Crippen molar-refractivity contribution < 1.29 is 14.6 Å². The van der Waals surface area contributed by atoms with Crippen molar-refractivity contribution in [1.82, 2.24) is 4.90 Å². The number of aliphatic hydroxyl groups is 1. The number of rotatable bonds is 2. The summed E-state index contributed by atoms with van der Waals surface area (Å²) in [5, 5.41) is 19.0. The molecule has 0 atom stereocenters. The topological polar surface area (TPSA) is 73.6 Å². The summed E-state index contributed by atoms with van der Waals surface area (Å²) in [7, 11) is 0. The zero-order valence-corrected chi connectivity index (χ0v) is 12.7. The number of hydrogen-bond donors (Lipinski definition) is 1. The molecule has 0 bridgehead atoms. The van der Waals surface area contributed by atoms with Crippen LogP contribution >= 0.6 is 0 Å². The zero-order valence-electron chi connectivity index (χ0n) is 12.7. The average molecular weight is 298 g/mol. The van der Waals surface area contributed by atoms with Crippen molar-refractivity contribution in [1.29, 1.82) is 5.26 Å². The van der Waals surface area contributed by atoms with Crippen LogP contribution in [0, 0.1) is 11.3 Å². The van der Waals surface area contributed by atoms with Gasteiger partial charge >= 0.3 is 0 Å². The Hall–Kier alpha value is -2.32. The molecule has 2 heterocycles. The molecule has 0 saturated carbocycles. The number of nitrogens with zero attached hydrogens (tertiary/aromatic N) is 2. The van der Waals surface area contributed by atoms with E-state index in [1.165, 1.54) is 0 Å². The van der Waals surface area contributed by atoms with Crippen molar-refractivity contribution in [2.24, 2.45) is 0 Å². The minimum absolute atomic E-state index is 0.0481. The van der Waals surface area contributed by atoms with Gasteiger partial charge in [0, 0.05) is 24.1 Å². The summed E-state index contributed by atoms with van der Waals surface area (Å²) >= 11 is 0. The van der Waals surface area contributed by atoms with Gasteiger partial charge in [0.05, 0.1) is 23.9 Å². The Labute approximate surface area is 129 Å². The molecular weight excluding hydrogens is 280 g/mol. The summed E-state index contributed by atoms with van der Waals surface area (Å²) in [5.74, 6) is 0.683. The highest BCUT2D eigenvalue weighted by atomic mass is 16.5. The quantitative estimate of drug-likeness (QED) is 0.907. The van der Waals surface area contributed by atoms with Gasteiger partial charge < -0.3 is 14.7 Å². The lowest BCUT2D eigenvalue weighted by atomic mass is 9.88. The molecule has 0 aliphatic carbocycles. The number of aliphatic hydroxyl groups excluding tert-OH is 1. The van der Waals surface area contributed by atoms with Crippen LogP contribution in [0.15, 0.2) is 23.8 Å². The van der Waals surface area contributed by atoms with Gasteiger partial charge in [-0.3, -0.25) is 4.79 Å². The first-order valence-electron chi connectivity index (χ1n) is 7.36. The molecule has 114 valence electrons. The maximum absolute atomic E-state index is 12.2. The highest BCUT2D eigenvalue weighted by Crippen LogP contribution is 2.43. The predicted octanol–water partition coefficient (Wildman–Crippen LogP) is 2.06. The van der Waals surface area contributed by atoms with E-state index in [0.29, 0.717) is 41.1 Å². The standard InChI is InChI=1S/C17H18N2O3/c1-17(2)13(10-20)16(19-7-3-4-15(19)21)12-8-11(9-18)5-6-14(12)22-17/h5-6,8,20H,3-4,7,10H2,1-2H3. The van der Waals surface area contributed by atoms with E-state index in [0.717, 1.165) is 6.42 Å². The van der Waals surface area contributed by atoms with E-state index >= 15 is 0 Å². The highest BCUT2D eigenvalue weighted by molar-refractivity contribution is 5.91. The molecule has 2 aliphatic rings. The van der Waals surface area contributed by atoms with E-state index in [4.69, 9.17) is 10.00 Å². The van der Waals surface area contributed by atoms with Gasteiger partial charge in [-0.05, 0) is 38.5 Å². The van der Waals surface area contributed by atoms with Crippen LogP contribution in [0.4, 0.5) is 0 Å². The van der Waals surface area contributed by atoms with E-state index in [2.05, 4.69) is 6.07 Å². The van der Waals surface area contributed by atoms with E-state index in [9.17, 15) is 9.90 Å². The first-order chi connectivity index (χ1) is 10.5. The molecule has 1 aromatic carbocycles. The van der Waals surface area contributed by atoms with Gasteiger partial charge in [0.25, 0.3) is 0 Å². The van der Waals surface area contributed by atoms with Gasteiger partial charge in [0.2, 0.25) is 5.91 Å². The van der Waals surface area contributed by atoms with E-state index in [1.54, 1.807) is 23.1 Å². The van der Waals surface area contributed by atoms with Gasteiger partial charge in [-0.15, -0.1) is 0 Å². The number of likely N-dealkylation sites (tertiary alicyclic amines) is 1. The molecule has 1 fully saturated rings. The van der Waals surface area contributed by atoms with Crippen molar-refractivity contribution in [3.05, 3.63) is 34.9 Å². The zero-order chi connectivity index (χ0) is 15.9. The second-order valence-electron chi connectivity index (χ2n) is 6.07. The number of fused-ring (bicyclic) bond motifs is 1. The lowest BCUT2D eigenvalue weighted by Gasteiger charge is -2.38. The third-order valence-corrected chi connectivity index (χ3v) is 4.24. The van der Waals surface area contributed by atoms with Crippen LogP contribution in [0.3, 0.4) is 0 Å². The van der Waals surface area contributed by atoms with Gasteiger partial charge in [-0.2, -0.15) is 5.26 Å². The fourth-order valence-corrected chi connectivity index (χ4v) is 3.12.